The van der Waals surface area contributed by atoms with Crippen molar-refractivity contribution in [2.24, 2.45) is 0 Å². The molecule has 0 aliphatic rings. The van der Waals surface area contributed by atoms with Crippen LogP contribution in [0.4, 0.5) is 37.8 Å². The first kappa shape index (κ1) is 29.3. The smallest absolute Gasteiger partial charge is 0.340 e. The van der Waals surface area contributed by atoms with E-state index in [1.165, 1.54) is 36.5 Å². The number of pyridine rings is 1. The number of anilines is 2. The van der Waals surface area contributed by atoms with Gasteiger partial charge in [0.05, 0.1) is 28.9 Å². The average molecular weight is 562 g/mol. The molecule has 5 nitrogen and oxygen atoms in total. The van der Waals surface area contributed by atoms with Crippen LogP contribution in [0, 0.1) is 0 Å². The first-order chi connectivity index (χ1) is 19.0. The quantitative estimate of drug-likeness (QED) is 0.155. The molecule has 4 rings (SSSR count). The summed E-state index contributed by atoms with van der Waals surface area (Å²) >= 11 is 0. The summed E-state index contributed by atoms with van der Waals surface area (Å²) in [6.45, 7) is 3.33. The van der Waals surface area contributed by atoms with Gasteiger partial charge in [0, 0.05) is 22.8 Å². The van der Waals surface area contributed by atoms with Gasteiger partial charge in [0.15, 0.2) is 0 Å². The fraction of sp³-hybridized carbons (Fsp3) is 0.345. The number of halogens is 6. The highest BCUT2D eigenvalue weighted by Crippen LogP contribution is 2.37. The van der Waals surface area contributed by atoms with Gasteiger partial charge in [-0.3, -0.25) is 9.88 Å². The minimum atomic E-state index is -4.59. The number of benzene rings is 2. The van der Waals surface area contributed by atoms with E-state index in [-0.39, 0.29) is 11.3 Å². The molecule has 0 aliphatic carbocycles. The molecule has 2 heterocycles. The number of rotatable bonds is 10. The molecule has 11 heteroatoms. The molecule has 2 aromatic heterocycles. The van der Waals surface area contributed by atoms with Crippen molar-refractivity contribution < 1.29 is 26.3 Å². The maximum atomic E-state index is 13.7. The van der Waals surface area contributed by atoms with Gasteiger partial charge in [-0.25, -0.2) is 9.97 Å². The van der Waals surface area contributed by atoms with Crippen LogP contribution in [0.5, 0.6) is 0 Å². The normalized spacial score (nSPS) is 12.3. The Kier molecular flexibility index (Phi) is 8.92. The molecule has 0 aliphatic heterocycles. The maximum absolute atomic E-state index is 13.7. The molecule has 0 spiro atoms. The van der Waals surface area contributed by atoms with Gasteiger partial charge in [-0.15, -0.1) is 0 Å². The molecule has 2 aromatic carbocycles. The van der Waals surface area contributed by atoms with E-state index in [1.54, 1.807) is 6.07 Å². The minimum Gasteiger partial charge on any atom is -0.340 e. The summed E-state index contributed by atoms with van der Waals surface area (Å²) in [5.41, 5.74) is -0.870. The van der Waals surface area contributed by atoms with Crippen molar-refractivity contribution >= 4 is 22.4 Å². The molecular weight excluding hydrogens is 532 g/mol. The predicted molar refractivity (Wildman–Crippen MR) is 143 cm³/mol. The summed E-state index contributed by atoms with van der Waals surface area (Å²) < 4.78 is 80.0. The third-order valence-electron chi connectivity index (χ3n) is 6.41. The second-order valence-electron chi connectivity index (χ2n) is 9.62. The van der Waals surface area contributed by atoms with Crippen molar-refractivity contribution in [1.29, 1.82) is 0 Å². The van der Waals surface area contributed by atoms with Crippen LogP contribution in [-0.4, -0.2) is 33.4 Å². The summed E-state index contributed by atoms with van der Waals surface area (Å²) in [4.78, 5) is 15.3. The Morgan fingerprint density at radius 3 is 2.27 bits per heavy atom. The molecular formula is C29H29F6N5. The van der Waals surface area contributed by atoms with Crippen LogP contribution in [0.25, 0.3) is 22.2 Å². The third-order valence-corrected chi connectivity index (χ3v) is 6.41. The first-order valence-electron chi connectivity index (χ1n) is 12.9. The molecule has 0 amide bonds. The van der Waals surface area contributed by atoms with Crippen molar-refractivity contribution in [3.05, 3.63) is 77.7 Å². The molecule has 0 unspecified atom stereocenters. The number of nitrogens with zero attached hydrogens (tertiary/aromatic N) is 4. The summed E-state index contributed by atoms with van der Waals surface area (Å²) in [5.74, 6) is 0.761. The van der Waals surface area contributed by atoms with E-state index >= 15 is 0 Å². The fourth-order valence-electron chi connectivity index (χ4n) is 4.36. The van der Waals surface area contributed by atoms with E-state index in [1.807, 2.05) is 7.05 Å². The number of nitrogens with one attached hydrogen (secondary N) is 1. The van der Waals surface area contributed by atoms with Crippen molar-refractivity contribution in [1.82, 2.24) is 19.9 Å². The molecule has 0 fully saturated rings. The van der Waals surface area contributed by atoms with E-state index in [4.69, 9.17) is 0 Å². The Balaban J connectivity index is 1.73. The summed E-state index contributed by atoms with van der Waals surface area (Å²) in [7, 11) is 1.93. The van der Waals surface area contributed by atoms with Gasteiger partial charge >= 0.3 is 12.4 Å². The molecule has 0 bridgehead atoms. The molecule has 0 saturated heterocycles. The second-order valence-corrected chi connectivity index (χ2v) is 9.62. The molecule has 0 saturated carbocycles. The summed E-state index contributed by atoms with van der Waals surface area (Å²) in [6.07, 6.45) is -3.42. The number of alkyl halides is 6. The van der Waals surface area contributed by atoms with Gasteiger partial charge in [0.1, 0.15) is 11.6 Å². The van der Waals surface area contributed by atoms with Gasteiger partial charge in [0.25, 0.3) is 0 Å². The molecule has 0 atom stereocenters. The topological polar surface area (TPSA) is 53.9 Å². The Morgan fingerprint density at radius 1 is 0.850 bits per heavy atom. The van der Waals surface area contributed by atoms with Gasteiger partial charge in [-0.05, 0) is 68.5 Å². The van der Waals surface area contributed by atoms with Gasteiger partial charge in [-0.1, -0.05) is 32.3 Å². The molecule has 0 radical (unpaired) electrons. The van der Waals surface area contributed by atoms with Crippen molar-refractivity contribution in [2.75, 3.05) is 18.9 Å². The standard InChI is InChI=1S/C29H29F6N5/c1-3-4-5-6-16-40(2)18-25-38-24-17-19(26-23(29(33,34)35)8-7-15-36-26)9-14-22(24)27(39-25)37-21-12-10-20(11-13-21)28(30,31)32/h7-15,17H,3-6,16,18H2,1-2H3,(H,37,38,39). The number of aromatic nitrogens is 3. The van der Waals surface area contributed by atoms with Crippen LogP contribution < -0.4 is 5.32 Å². The number of unbranched alkanes of at least 4 members (excludes halogenated alkanes) is 3. The Morgan fingerprint density at radius 2 is 1.60 bits per heavy atom. The van der Waals surface area contributed by atoms with Crippen LogP contribution in [0.2, 0.25) is 0 Å². The van der Waals surface area contributed by atoms with E-state index < -0.39 is 23.5 Å². The highest BCUT2D eigenvalue weighted by atomic mass is 19.4. The lowest BCUT2D eigenvalue weighted by Gasteiger charge is -2.18. The number of fused-ring (bicyclic) bond motifs is 1. The van der Waals surface area contributed by atoms with Gasteiger partial charge in [0.2, 0.25) is 0 Å². The molecule has 40 heavy (non-hydrogen) atoms. The zero-order chi connectivity index (χ0) is 28.9. The monoisotopic (exact) mass is 561 g/mol. The van der Waals surface area contributed by atoms with E-state index in [0.717, 1.165) is 50.4 Å². The fourth-order valence-corrected chi connectivity index (χ4v) is 4.36. The van der Waals surface area contributed by atoms with Gasteiger partial charge in [-0.2, -0.15) is 26.3 Å². The second kappa shape index (κ2) is 12.2. The highest BCUT2D eigenvalue weighted by molar-refractivity contribution is 5.93. The lowest BCUT2D eigenvalue weighted by Crippen LogP contribution is -2.21. The first-order valence-corrected chi connectivity index (χ1v) is 12.9. The summed E-state index contributed by atoms with van der Waals surface area (Å²) in [5, 5.41) is 3.56. The lowest BCUT2D eigenvalue weighted by molar-refractivity contribution is -0.138. The third kappa shape index (κ3) is 7.26. The van der Waals surface area contributed by atoms with Crippen molar-refractivity contribution in [3.8, 4) is 11.3 Å². The van der Waals surface area contributed by atoms with Gasteiger partial charge < -0.3 is 5.32 Å². The van der Waals surface area contributed by atoms with Crippen LogP contribution in [0.3, 0.4) is 0 Å². The Bertz CT molecular complexity index is 1430. The molecule has 4 aromatic rings. The van der Waals surface area contributed by atoms with Crippen LogP contribution in [0.1, 0.15) is 49.6 Å². The van der Waals surface area contributed by atoms with Crippen molar-refractivity contribution in [2.45, 2.75) is 51.5 Å². The number of hydrogen-bond donors (Lipinski definition) is 1. The lowest BCUT2D eigenvalue weighted by atomic mass is 10.0. The maximum Gasteiger partial charge on any atom is 0.418 e. The van der Waals surface area contributed by atoms with E-state index in [2.05, 4.69) is 32.1 Å². The van der Waals surface area contributed by atoms with Crippen LogP contribution >= 0.6 is 0 Å². The van der Waals surface area contributed by atoms with Crippen LogP contribution in [0.15, 0.2) is 60.8 Å². The minimum absolute atomic E-state index is 0.220. The highest BCUT2D eigenvalue weighted by Gasteiger charge is 2.34. The Labute approximate surface area is 228 Å². The zero-order valence-corrected chi connectivity index (χ0v) is 22.1. The largest absolute Gasteiger partial charge is 0.418 e. The van der Waals surface area contributed by atoms with E-state index in [0.29, 0.717) is 34.8 Å². The predicted octanol–water partition coefficient (Wildman–Crippen LogP) is 8.49. The SMILES string of the molecule is CCCCCCN(C)Cc1nc(Nc2ccc(C(F)(F)F)cc2)c2ccc(-c3ncccc3C(F)(F)F)cc2n1. The molecule has 1 N–H and O–H groups in total. The molecule has 212 valence electrons. The number of hydrogen-bond acceptors (Lipinski definition) is 5. The van der Waals surface area contributed by atoms with Crippen molar-refractivity contribution in [3.63, 3.8) is 0 Å². The van der Waals surface area contributed by atoms with Crippen LogP contribution in [-0.2, 0) is 18.9 Å². The average Bonchev–Trinajstić information content (AvgIpc) is 2.90. The Hall–Kier alpha value is -3.73. The van der Waals surface area contributed by atoms with E-state index in [9.17, 15) is 26.3 Å². The zero-order valence-electron chi connectivity index (χ0n) is 22.1. The summed E-state index contributed by atoms with van der Waals surface area (Å²) in [6, 6.07) is 11.4.